The summed E-state index contributed by atoms with van der Waals surface area (Å²) < 4.78 is 7.39. The first kappa shape index (κ1) is 18.5. The highest BCUT2D eigenvalue weighted by atomic mass is 16.5. The minimum atomic E-state index is -0.00180. The van der Waals surface area contributed by atoms with Gasteiger partial charge in [-0.2, -0.15) is 5.10 Å². The Hall–Kier alpha value is -2.83. The van der Waals surface area contributed by atoms with Gasteiger partial charge in [-0.05, 0) is 50.5 Å². The van der Waals surface area contributed by atoms with E-state index in [1.165, 1.54) is 0 Å². The number of amides is 2. The first-order valence-electron chi connectivity index (χ1n) is 10.0. The normalized spacial score (nSPS) is 16.6. The number of nitrogens with zero attached hydrogens (tertiary/aromatic N) is 4. The van der Waals surface area contributed by atoms with Crippen LogP contribution in [0.15, 0.2) is 30.5 Å². The Kier molecular flexibility index (Phi) is 5.32. The first-order chi connectivity index (χ1) is 13.7. The summed E-state index contributed by atoms with van der Waals surface area (Å²) in [4.78, 5) is 29.3. The number of aromatic nitrogens is 2. The lowest BCUT2D eigenvalue weighted by atomic mass is 10.1. The van der Waals surface area contributed by atoms with E-state index in [1.807, 2.05) is 33.5 Å². The van der Waals surface area contributed by atoms with Crippen LogP contribution in [-0.4, -0.2) is 64.2 Å². The van der Waals surface area contributed by atoms with Crippen LogP contribution in [0.1, 0.15) is 46.2 Å². The van der Waals surface area contributed by atoms with E-state index in [2.05, 4.69) is 5.10 Å². The minimum absolute atomic E-state index is 0.00180. The number of rotatable bonds is 4. The van der Waals surface area contributed by atoms with Gasteiger partial charge in [0.2, 0.25) is 0 Å². The molecule has 7 nitrogen and oxygen atoms in total. The Balaban J connectivity index is 1.37. The molecule has 0 aliphatic carbocycles. The molecule has 0 saturated carbocycles. The fourth-order valence-electron chi connectivity index (χ4n) is 3.93. The van der Waals surface area contributed by atoms with Crippen LogP contribution in [0.2, 0.25) is 0 Å². The summed E-state index contributed by atoms with van der Waals surface area (Å²) in [7, 11) is 0. The highest BCUT2D eigenvalue weighted by Gasteiger charge is 2.28. The third-order valence-electron chi connectivity index (χ3n) is 5.48. The average molecular weight is 382 g/mol. The number of ether oxygens (including phenoxy) is 1. The molecular formula is C21H26N4O3. The Labute approximate surface area is 164 Å². The summed E-state index contributed by atoms with van der Waals surface area (Å²) in [6, 6.07) is 7.23. The lowest BCUT2D eigenvalue weighted by Gasteiger charge is -2.35. The number of hydrogen-bond acceptors (Lipinski definition) is 4. The molecule has 0 spiro atoms. The van der Waals surface area contributed by atoms with E-state index in [0.717, 1.165) is 42.8 Å². The largest absolute Gasteiger partial charge is 0.494 e. The van der Waals surface area contributed by atoms with Gasteiger partial charge < -0.3 is 14.5 Å². The van der Waals surface area contributed by atoms with Gasteiger partial charge in [-0.1, -0.05) is 0 Å². The third kappa shape index (κ3) is 3.61. The number of hydrogen-bond donors (Lipinski definition) is 0. The van der Waals surface area contributed by atoms with Gasteiger partial charge in [0.1, 0.15) is 5.75 Å². The fourth-order valence-corrected chi connectivity index (χ4v) is 3.93. The number of benzene rings is 1. The summed E-state index contributed by atoms with van der Waals surface area (Å²) in [5.41, 5.74) is 2.43. The van der Waals surface area contributed by atoms with Gasteiger partial charge in [0, 0.05) is 38.3 Å². The second-order valence-electron chi connectivity index (χ2n) is 7.23. The quantitative estimate of drug-likeness (QED) is 0.813. The number of aryl methyl sites for hydroxylation is 1. The van der Waals surface area contributed by atoms with Crippen molar-refractivity contribution in [3.05, 3.63) is 47.3 Å². The van der Waals surface area contributed by atoms with Crippen molar-refractivity contribution in [1.29, 1.82) is 0 Å². The van der Waals surface area contributed by atoms with Crippen LogP contribution in [0, 0.1) is 0 Å². The molecule has 0 N–H and O–H groups in total. The third-order valence-corrected chi connectivity index (χ3v) is 5.48. The molecule has 0 unspecified atom stereocenters. The van der Waals surface area contributed by atoms with Gasteiger partial charge in [0.25, 0.3) is 11.8 Å². The molecule has 4 rings (SSSR count). The van der Waals surface area contributed by atoms with Crippen molar-refractivity contribution >= 4 is 11.8 Å². The van der Waals surface area contributed by atoms with Crippen molar-refractivity contribution in [2.45, 2.75) is 32.7 Å². The van der Waals surface area contributed by atoms with Gasteiger partial charge in [-0.15, -0.1) is 0 Å². The standard InChI is InChI=1S/C21H26N4O3/c1-2-28-17-8-6-16(7-9-17)20(26)23-11-13-24(14-12-23)21(27)18-15-22-25-10-4-3-5-19(18)25/h6-9,15H,2-5,10-14H2,1H3. The Morgan fingerprint density at radius 2 is 1.64 bits per heavy atom. The molecule has 2 aliphatic rings. The average Bonchev–Trinajstić information content (AvgIpc) is 3.18. The van der Waals surface area contributed by atoms with Crippen LogP contribution in [0.4, 0.5) is 0 Å². The van der Waals surface area contributed by atoms with Crippen molar-refractivity contribution in [2.24, 2.45) is 0 Å². The summed E-state index contributed by atoms with van der Waals surface area (Å²) in [5.74, 6) is 0.799. The number of carbonyl (C=O) groups excluding carboxylic acids is 2. The van der Waals surface area contributed by atoms with Crippen molar-refractivity contribution in [1.82, 2.24) is 19.6 Å². The molecule has 2 amide bonds. The van der Waals surface area contributed by atoms with Crippen LogP contribution in [0.25, 0.3) is 0 Å². The monoisotopic (exact) mass is 382 g/mol. The molecule has 28 heavy (non-hydrogen) atoms. The molecule has 2 aliphatic heterocycles. The maximum Gasteiger partial charge on any atom is 0.257 e. The van der Waals surface area contributed by atoms with Crippen LogP contribution in [0.5, 0.6) is 5.75 Å². The van der Waals surface area contributed by atoms with Crippen LogP contribution < -0.4 is 4.74 Å². The molecule has 0 radical (unpaired) electrons. The highest BCUT2D eigenvalue weighted by molar-refractivity contribution is 5.96. The predicted octanol–water partition coefficient (Wildman–Crippen LogP) is 2.22. The van der Waals surface area contributed by atoms with E-state index < -0.39 is 0 Å². The van der Waals surface area contributed by atoms with Crippen LogP contribution >= 0.6 is 0 Å². The lowest BCUT2D eigenvalue weighted by molar-refractivity contribution is 0.0534. The molecule has 1 aromatic heterocycles. The molecule has 3 heterocycles. The summed E-state index contributed by atoms with van der Waals surface area (Å²) in [6.45, 7) is 5.61. The zero-order valence-corrected chi connectivity index (χ0v) is 16.3. The maximum absolute atomic E-state index is 12.9. The molecule has 148 valence electrons. The van der Waals surface area contributed by atoms with E-state index in [4.69, 9.17) is 4.74 Å². The summed E-state index contributed by atoms with van der Waals surface area (Å²) in [6.07, 6.45) is 4.85. The van der Waals surface area contributed by atoms with Gasteiger partial charge in [0.15, 0.2) is 0 Å². The van der Waals surface area contributed by atoms with Gasteiger partial charge in [0.05, 0.1) is 24.1 Å². The maximum atomic E-state index is 12.9. The SMILES string of the molecule is CCOc1ccc(C(=O)N2CCN(C(=O)c3cnn4c3CCCC4)CC2)cc1. The topological polar surface area (TPSA) is 67.7 Å². The van der Waals surface area contributed by atoms with Crippen LogP contribution in [0.3, 0.4) is 0 Å². The van der Waals surface area contributed by atoms with Crippen LogP contribution in [-0.2, 0) is 13.0 Å². The van der Waals surface area contributed by atoms with E-state index in [0.29, 0.717) is 38.3 Å². The molecule has 1 saturated heterocycles. The van der Waals surface area contributed by atoms with E-state index in [-0.39, 0.29) is 11.8 Å². The molecule has 0 bridgehead atoms. The zero-order chi connectivity index (χ0) is 19.5. The van der Waals surface area contributed by atoms with E-state index in [1.54, 1.807) is 18.3 Å². The second-order valence-corrected chi connectivity index (χ2v) is 7.23. The second kappa shape index (κ2) is 8.04. The van der Waals surface area contributed by atoms with Crippen molar-refractivity contribution in [3.63, 3.8) is 0 Å². The fraction of sp³-hybridized carbons (Fsp3) is 0.476. The Bertz CT molecular complexity index is 851. The Morgan fingerprint density at radius 3 is 2.32 bits per heavy atom. The van der Waals surface area contributed by atoms with Crippen molar-refractivity contribution in [3.8, 4) is 5.75 Å². The first-order valence-corrected chi connectivity index (χ1v) is 10.0. The highest BCUT2D eigenvalue weighted by Crippen LogP contribution is 2.21. The molecule has 1 fully saturated rings. The summed E-state index contributed by atoms with van der Waals surface area (Å²) >= 11 is 0. The molecule has 7 heteroatoms. The zero-order valence-electron chi connectivity index (χ0n) is 16.3. The molecular weight excluding hydrogens is 356 g/mol. The predicted molar refractivity (Wildman–Crippen MR) is 105 cm³/mol. The Morgan fingerprint density at radius 1 is 0.964 bits per heavy atom. The lowest BCUT2D eigenvalue weighted by Crippen LogP contribution is -2.50. The number of fused-ring (bicyclic) bond motifs is 1. The van der Waals surface area contributed by atoms with Gasteiger partial charge in [-0.3, -0.25) is 14.3 Å². The molecule has 0 atom stereocenters. The summed E-state index contributed by atoms with van der Waals surface area (Å²) in [5, 5.41) is 4.37. The van der Waals surface area contributed by atoms with Gasteiger partial charge >= 0.3 is 0 Å². The number of piperazine rings is 1. The van der Waals surface area contributed by atoms with E-state index in [9.17, 15) is 9.59 Å². The van der Waals surface area contributed by atoms with Crippen molar-refractivity contribution < 1.29 is 14.3 Å². The minimum Gasteiger partial charge on any atom is -0.494 e. The van der Waals surface area contributed by atoms with Crippen molar-refractivity contribution in [2.75, 3.05) is 32.8 Å². The van der Waals surface area contributed by atoms with E-state index >= 15 is 0 Å². The molecule has 1 aromatic carbocycles. The van der Waals surface area contributed by atoms with Gasteiger partial charge in [-0.25, -0.2) is 0 Å². The molecule has 2 aromatic rings. The number of carbonyl (C=O) groups is 2. The smallest absolute Gasteiger partial charge is 0.257 e.